The van der Waals surface area contributed by atoms with E-state index in [0.717, 1.165) is 36.8 Å². The van der Waals surface area contributed by atoms with Crippen LogP contribution >= 0.6 is 0 Å². The lowest BCUT2D eigenvalue weighted by atomic mass is 9.55. The molecule has 6 rings (SSSR count). The van der Waals surface area contributed by atoms with E-state index in [0.29, 0.717) is 47.7 Å². The van der Waals surface area contributed by atoms with Crippen molar-refractivity contribution in [1.82, 2.24) is 4.31 Å². The number of benzene rings is 3. The second kappa shape index (κ2) is 20.9. The molecule has 14 heteroatoms. The minimum absolute atomic E-state index is 0.000312. The molecule has 342 valence electrons. The Balaban J connectivity index is 1.60. The van der Waals surface area contributed by atoms with Crippen LogP contribution in [-0.4, -0.2) is 78.4 Å². The lowest BCUT2D eigenvalue weighted by Gasteiger charge is -2.59. The molecule has 3 N–H and O–H groups in total. The highest BCUT2D eigenvalue weighted by atomic mass is 32.2. The number of aliphatic hydroxyl groups is 2. The summed E-state index contributed by atoms with van der Waals surface area (Å²) in [7, 11) is -4.27. The number of oxime groups is 1. The molecule has 1 fully saturated rings. The van der Waals surface area contributed by atoms with Crippen LogP contribution in [0.2, 0.25) is 0 Å². The summed E-state index contributed by atoms with van der Waals surface area (Å²) in [6.07, 6.45) is 8.64. The number of hydrogen-bond acceptors (Lipinski definition) is 10. The lowest BCUT2D eigenvalue weighted by Crippen LogP contribution is -2.70. The molecular formula is C49H64FN3O9S. The van der Waals surface area contributed by atoms with Crippen LogP contribution in [0.25, 0.3) is 0 Å². The number of rotatable bonds is 21. The Kier molecular flexibility index (Phi) is 15.9. The number of unbranched alkanes of at least 4 members (excludes halogenated alkanes) is 2. The molecular weight excluding hydrogens is 826 g/mol. The molecule has 0 radical (unpaired) electrons. The first-order valence-corrected chi connectivity index (χ1v) is 23.6. The second-order valence-corrected chi connectivity index (χ2v) is 19.6. The molecule has 3 aliphatic rings. The summed E-state index contributed by atoms with van der Waals surface area (Å²) in [5.74, 6) is -2.28. The normalized spacial score (nSPS) is 23.6. The number of carbonyl (C=O) groups excluding carboxylic acids is 1. The molecule has 3 aromatic carbocycles. The van der Waals surface area contributed by atoms with Gasteiger partial charge in [-0.15, -0.1) is 6.58 Å². The van der Waals surface area contributed by atoms with Gasteiger partial charge in [-0.05, 0) is 119 Å². The third kappa shape index (κ3) is 10.9. The van der Waals surface area contributed by atoms with Crippen LogP contribution in [-0.2, 0) is 31.0 Å². The predicted molar refractivity (Wildman–Crippen MR) is 241 cm³/mol. The average Bonchev–Trinajstić information content (AvgIpc) is 3.24. The molecule has 1 aliphatic heterocycles. The molecule has 63 heavy (non-hydrogen) atoms. The number of allylic oxidation sites excluding steroid dienone is 1. The topological polar surface area (TPSA) is 156 Å². The third-order valence-electron chi connectivity index (χ3n) is 12.0. The summed E-state index contributed by atoms with van der Waals surface area (Å²) >= 11 is 0. The molecule has 1 saturated carbocycles. The van der Waals surface area contributed by atoms with Gasteiger partial charge in [0.15, 0.2) is 0 Å². The molecule has 2 aliphatic carbocycles. The minimum Gasteiger partial charge on any atom is -0.489 e. The highest BCUT2D eigenvalue weighted by Gasteiger charge is 2.66. The highest BCUT2D eigenvalue weighted by molar-refractivity contribution is 7.89. The summed E-state index contributed by atoms with van der Waals surface area (Å²) in [6.45, 7) is 13.3. The van der Waals surface area contributed by atoms with Gasteiger partial charge in [0.05, 0.1) is 29.2 Å². The van der Waals surface area contributed by atoms with E-state index >= 15 is 8.42 Å². The Hall–Kier alpha value is -4.60. The third-order valence-corrected chi connectivity index (χ3v) is 13.9. The number of halogens is 1. The maximum Gasteiger partial charge on any atom is 0.243 e. The van der Waals surface area contributed by atoms with E-state index in [2.05, 4.69) is 18.0 Å². The van der Waals surface area contributed by atoms with Crippen molar-refractivity contribution in [2.24, 2.45) is 22.9 Å². The number of carbonyl (C=O) groups is 1. The number of aliphatic hydroxyl groups excluding tert-OH is 2. The maximum atomic E-state index is 15.2. The van der Waals surface area contributed by atoms with Gasteiger partial charge in [-0.2, -0.15) is 4.31 Å². The minimum atomic E-state index is -4.27. The van der Waals surface area contributed by atoms with Crippen molar-refractivity contribution in [2.45, 2.75) is 121 Å². The van der Waals surface area contributed by atoms with Gasteiger partial charge in [0.1, 0.15) is 29.5 Å². The Bertz CT molecular complexity index is 2220. The number of anilines is 1. The van der Waals surface area contributed by atoms with Gasteiger partial charge < -0.3 is 34.6 Å². The van der Waals surface area contributed by atoms with Gasteiger partial charge in [-0.3, -0.25) is 4.79 Å². The number of amides is 1. The molecule has 12 nitrogen and oxygen atoms in total. The zero-order chi connectivity index (χ0) is 45.4. The van der Waals surface area contributed by atoms with Crippen molar-refractivity contribution in [2.75, 3.05) is 31.7 Å². The molecule has 1 amide bonds. The second-order valence-electron chi connectivity index (χ2n) is 17.7. The number of sulfonamides is 1. The van der Waals surface area contributed by atoms with E-state index < -0.39 is 33.4 Å². The SMILES string of the molecule is C=CCOC12Oc3ccc(OCc4ccccc4F)cc3C3C(CCCCO)C(CCCCO)C=C(C(=NOC(C)(C)C)CC1N(CCC)S(=O)(=O)c1ccc(NC(C)=O)cc1)C32. The fourth-order valence-electron chi connectivity index (χ4n) is 9.39. The Morgan fingerprint density at radius 1 is 1.05 bits per heavy atom. The molecule has 6 atom stereocenters. The van der Waals surface area contributed by atoms with Gasteiger partial charge in [-0.25, -0.2) is 12.8 Å². The number of ether oxygens (including phenoxy) is 3. The number of hydrogen-bond donors (Lipinski definition) is 3. The van der Waals surface area contributed by atoms with Crippen LogP contribution in [0, 0.1) is 23.6 Å². The number of nitrogens with one attached hydrogen (secondary N) is 1. The van der Waals surface area contributed by atoms with E-state index in [1.54, 1.807) is 42.5 Å². The van der Waals surface area contributed by atoms with Crippen molar-refractivity contribution >= 4 is 27.3 Å². The summed E-state index contributed by atoms with van der Waals surface area (Å²) in [4.78, 5) is 18.1. The molecule has 3 aromatic rings. The van der Waals surface area contributed by atoms with Crippen LogP contribution < -0.4 is 14.8 Å². The zero-order valence-corrected chi connectivity index (χ0v) is 38.0. The van der Waals surface area contributed by atoms with Crippen LogP contribution in [0.3, 0.4) is 0 Å². The molecule has 0 aromatic heterocycles. The van der Waals surface area contributed by atoms with Crippen molar-refractivity contribution in [3.63, 3.8) is 0 Å². The van der Waals surface area contributed by atoms with Crippen molar-refractivity contribution < 1.29 is 46.9 Å². The summed E-state index contributed by atoms with van der Waals surface area (Å²) in [5.41, 5.74) is 2.46. The first-order valence-electron chi connectivity index (χ1n) is 22.2. The largest absolute Gasteiger partial charge is 0.489 e. The Labute approximate surface area is 372 Å². The Morgan fingerprint density at radius 2 is 1.76 bits per heavy atom. The van der Waals surface area contributed by atoms with Crippen molar-refractivity contribution in [3.05, 3.63) is 108 Å². The quantitative estimate of drug-likeness (QED) is 0.0540. The zero-order valence-electron chi connectivity index (χ0n) is 37.2. The smallest absolute Gasteiger partial charge is 0.243 e. The predicted octanol–water partition coefficient (Wildman–Crippen LogP) is 8.90. The summed E-state index contributed by atoms with van der Waals surface area (Å²) in [5, 5.41) is 27.4. The van der Waals surface area contributed by atoms with Crippen LogP contribution in [0.5, 0.6) is 11.5 Å². The molecule has 0 saturated heterocycles. The van der Waals surface area contributed by atoms with Crippen LogP contribution in [0.1, 0.15) is 103 Å². The number of nitrogens with zero attached hydrogens (tertiary/aromatic N) is 2. The molecule has 1 heterocycles. The van der Waals surface area contributed by atoms with Crippen molar-refractivity contribution in [3.8, 4) is 11.5 Å². The van der Waals surface area contributed by atoms with Gasteiger partial charge in [0, 0.05) is 55.8 Å². The Morgan fingerprint density at radius 3 is 2.41 bits per heavy atom. The van der Waals surface area contributed by atoms with E-state index in [4.69, 9.17) is 24.2 Å². The fourth-order valence-corrected chi connectivity index (χ4v) is 11.1. The van der Waals surface area contributed by atoms with E-state index in [9.17, 15) is 19.4 Å². The number of fused-ring (bicyclic) bond motifs is 2. The lowest BCUT2D eigenvalue weighted by molar-refractivity contribution is -0.251. The van der Waals surface area contributed by atoms with Crippen LogP contribution in [0.15, 0.2) is 101 Å². The monoisotopic (exact) mass is 889 g/mol. The summed E-state index contributed by atoms with van der Waals surface area (Å²) < 4.78 is 67.2. The first-order chi connectivity index (χ1) is 30.2. The first kappa shape index (κ1) is 47.9. The molecule has 6 unspecified atom stereocenters. The highest BCUT2D eigenvalue weighted by Crippen LogP contribution is 2.62. The van der Waals surface area contributed by atoms with E-state index in [1.807, 2.05) is 39.8 Å². The molecule has 0 spiro atoms. The fraction of sp³-hybridized carbons (Fsp3) is 0.510. The summed E-state index contributed by atoms with van der Waals surface area (Å²) in [6, 6.07) is 17.2. The van der Waals surface area contributed by atoms with E-state index in [-0.39, 0.29) is 73.8 Å². The van der Waals surface area contributed by atoms with Crippen LogP contribution in [0.4, 0.5) is 10.1 Å². The van der Waals surface area contributed by atoms with Gasteiger partial charge >= 0.3 is 0 Å². The average molecular weight is 890 g/mol. The van der Waals surface area contributed by atoms with Gasteiger partial charge in [0.25, 0.3) is 0 Å². The van der Waals surface area contributed by atoms with E-state index in [1.165, 1.54) is 29.4 Å². The standard InChI is InChI=1S/C49H64FN3O9S/c1-7-25-53(63(57,58)38-22-19-36(20-23-38)51-33(3)56)45-31-43(52-62-48(4,5)6)40-29-34(15-11-13-26-54)39(17-12-14-27-55)46-41-30-37(59-32-35-16-9-10-18-42(35)50)21-24-44(41)61-49(45,47(40)46)60-28-8-2/h8-10,16,18-24,29-30,34,39,45-47,54-55H,2,7,11-15,17,25-28,31-32H2,1,3-6H3,(H,51,56). The van der Waals surface area contributed by atoms with Crippen molar-refractivity contribution in [1.29, 1.82) is 0 Å². The van der Waals surface area contributed by atoms with Gasteiger partial charge in [-0.1, -0.05) is 55.3 Å². The maximum absolute atomic E-state index is 15.2. The molecule has 0 bridgehead atoms. The van der Waals surface area contributed by atoms with Gasteiger partial charge in [0.2, 0.25) is 21.7 Å².